The molecule has 1 heterocycles. The monoisotopic (exact) mass is 326 g/mol. The normalized spacial score (nSPS) is 12.9. The Hall–Kier alpha value is -0.240. The molecule has 14 heavy (non-hydrogen) atoms. The predicted molar refractivity (Wildman–Crippen MR) is 57.0 cm³/mol. The van der Waals surface area contributed by atoms with Crippen LogP contribution >= 0.6 is 31.9 Å². The first-order valence-electron chi connectivity index (χ1n) is 3.76. The number of aliphatic hydroxyl groups excluding tert-OH is 2. The highest BCUT2D eigenvalue weighted by Gasteiger charge is 2.09. The summed E-state index contributed by atoms with van der Waals surface area (Å²) in [6.45, 7) is -0.428. The second-order valence-electron chi connectivity index (χ2n) is 2.63. The molecular weight excluding hydrogens is 320 g/mol. The first-order valence-corrected chi connectivity index (χ1v) is 5.35. The molecule has 0 saturated carbocycles. The minimum atomic E-state index is -0.978. The van der Waals surface area contributed by atoms with Gasteiger partial charge in [0, 0.05) is 0 Å². The van der Waals surface area contributed by atoms with Crippen LogP contribution in [0.1, 0.15) is 0 Å². The van der Waals surface area contributed by atoms with Crippen LogP contribution in [0, 0.1) is 0 Å². The lowest BCUT2D eigenvalue weighted by molar-refractivity contribution is 0.0768. The van der Waals surface area contributed by atoms with Crippen LogP contribution in [0.3, 0.4) is 0 Å². The highest BCUT2D eigenvalue weighted by Crippen LogP contribution is 2.16. The fourth-order valence-corrected chi connectivity index (χ4v) is 1.40. The molecule has 0 aliphatic heterocycles. The topological polar surface area (TPSA) is 75.4 Å². The maximum absolute atomic E-state index is 11.5. The summed E-state index contributed by atoms with van der Waals surface area (Å²) in [6, 6.07) is 0. The zero-order valence-corrected chi connectivity index (χ0v) is 10.2. The summed E-state index contributed by atoms with van der Waals surface area (Å²) in [5.41, 5.74) is -0.355. The molecular formula is C7H8Br2N2O3. The minimum absolute atomic E-state index is 0.0266. The third-order valence-corrected chi connectivity index (χ3v) is 3.44. The van der Waals surface area contributed by atoms with Gasteiger partial charge in [0.05, 0.1) is 29.9 Å². The molecule has 0 radical (unpaired) electrons. The number of hydrogen-bond acceptors (Lipinski definition) is 4. The fraction of sp³-hybridized carbons (Fsp3) is 0.429. The Morgan fingerprint density at radius 2 is 2.21 bits per heavy atom. The summed E-state index contributed by atoms with van der Waals surface area (Å²) in [7, 11) is 0. The predicted octanol–water partition coefficient (Wildman–Crippen LogP) is 0.121. The summed E-state index contributed by atoms with van der Waals surface area (Å²) in [4.78, 5) is 11.5. The van der Waals surface area contributed by atoms with Gasteiger partial charge >= 0.3 is 0 Å². The Kier molecular flexibility index (Phi) is 4.24. The van der Waals surface area contributed by atoms with Gasteiger partial charge in [0.2, 0.25) is 0 Å². The number of hydrogen-bond donors (Lipinski definition) is 2. The van der Waals surface area contributed by atoms with E-state index in [4.69, 9.17) is 10.2 Å². The minimum Gasteiger partial charge on any atom is -0.394 e. The van der Waals surface area contributed by atoms with Crippen molar-refractivity contribution in [3.8, 4) is 0 Å². The van der Waals surface area contributed by atoms with Gasteiger partial charge in [-0.05, 0) is 31.9 Å². The van der Waals surface area contributed by atoms with E-state index in [9.17, 15) is 4.79 Å². The van der Waals surface area contributed by atoms with E-state index in [1.165, 1.54) is 6.20 Å². The maximum Gasteiger partial charge on any atom is 0.282 e. The Bertz CT molecular complexity index is 380. The molecule has 0 amide bonds. The van der Waals surface area contributed by atoms with Crippen molar-refractivity contribution in [2.24, 2.45) is 0 Å². The molecule has 7 heteroatoms. The molecule has 78 valence electrons. The fourth-order valence-electron chi connectivity index (χ4n) is 0.832. The van der Waals surface area contributed by atoms with Crippen LogP contribution in [-0.4, -0.2) is 32.7 Å². The van der Waals surface area contributed by atoms with Crippen LogP contribution in [0.25, 0.3) is 0 Å². The SMILES string of the molecule is O=c1c(Br)c(Br)cnn1CC(O)CO. The molecule has 1 atom stereocenters. The van der Waals surface area contributed by atoms with Crippen LogP contribution < -0.4 is 5.56 Å². The molecule has 0 fully saturated rings. The maximum atomic E-state index is 11.5. The molecule has 2 N–H and O–H groups in total. The lowest BCUT2D eigenvalue weighted by Crippen LogP contribution is -2.30. The van der Waals surface area contributed by atoms with Crippen LogP contribution in [0.2, 0.25) is 0 Å². The molecule has 5 nitrogen and oxygen atoms in total. The first kappa shape index (κ1) is 11.8. The second-order valence-corrected chi connectivity index (χ2v) is 4.28. The van der Waals surface area contributed by atoms with Crippen molar-refractivity contribution < 1.29 is 10.2 Å². The number of aromatic nitrogens is 2. The molecule has 0 aliphatic rings. The summed E-state index contributed by atoms with van der Waals surface area (Å²) < 4.78 is 1.98. The van der Waals surface area contributed by atoms with E-state index in [1.54, 1.807) is 0 Å². The zero-order valence-electron chi connectivity index (χ0n) is 7.02. The standard InChI is InChI=1S/C7H8Br2N2O3/c8-5-1-10-11(2-4(13)3-12)7(14)6(5)9/h1,4,12-13H,2-3H2. The lowest BCUT2D eigenvalue weighted by Gasteiger charge is -2.08. The number of rotatable bonds is 3. The van der Waals surface area contributed by atoms with E-state index in [0.29, 0.717) is 8.95 Å². The molecule has 0 bridgehead atoms. The lowest BCUT2D eigenvalue weighted by atomic mass is 10.4. The molecule has 1 unspecified atom stereocenters. The van der Waals surface area contributed by atoms with Gasteiger partial charge in [-0.15, -0.1) is 0 Å². The van der Waals surface area contributed by atoms with Gasteiger partial charge < -0.3 is 10.2 Å². The molecule has 1 aromatic rings. The van der Waals surface area contributed by atoms with E-state index >= 15 is 0 Å². The van der Waals surface area contributed by atoms with Crippen molar-refractivity contribution in [2.45, 2.75) is 12.6 Å². The van der Waals surface area contributed by atoms with E-state index in [2.05, 4.69) is 37.0 Å². The van der Waals surface area contributed by atoms with E-state index < -0.39 is 12.7 Å². The summed E-state index contributed by atoms with van der Waals surface area (Å²) in [5, 5.41) is 21.5. The average molecular weight is 328 g/mol. The van der Waals surface area contributed by atoms with Crippen LogP contribution in [0.4, 0.5) is 0 Å². The van der Waals surface area contributed by atoms with Gasteiger partial charge in [-0.1, -0.05) is 0 Å². The van der Waals surface area contributed by atoms with Crippen LogP contribution in [0.5, 0.6) is 0 Å². The zero-order chi connectivity index (χ0) is 10.7. The molecule has 1 rings (SSSR count). The molecule has 0 spiro atoms. The smallest absolute Gasteiger partial charge is 0.282 e. The molecule has 0 aromatic carbocycles. The third-order valence-electron chi connectivity index (χ3n) is 1.54. The van der Waals surface area contributed by atoms with Crippen LogP contribution in [0.15, 0.2) is 19.9 Å². The Morgan fingerprint density at radius 3 is 2.79 bits per heavy atom. The molecule has 1 aromatic heterocycles. The number of nitrogens with zero attached hydrogens (tertiary/aromatic N) is 2. The van der Waals surface area contributed by atoms with Gasteiger partial charge in [-0.3, -0.25) is 4.79 Å². The van der Waals surface area contributed by atoms with E-state index in [0.717, 1.165) is 4.68 Å². The van der Waals surface area contributed by atoms with Crippen molar-refractivity contribution in [2.75, 3.05) is 6.61 Å². The van der Waals surface area contributed by atoms with Gasteiger partial charge in [-0.25, -0.2) is 4.68 Å². The Morgan fingerprint density at radius 1 is 1.57 bits per heavy atom. The highest BCUT2D eigenvalue weighted by molar-refractivity contribution is 9.13. The van der Waals surface area contributed by atoms with Crippen molar-refractivity contribution >= 4 is 31.9 Å². The quantitative estimate of drug-likeness (QED) is 0.827. The molecule has 0 saturated heterocycles. The van der Waals surface area contributed by atoms with E-state index in [1.807, 2.05) is 0 Å². The number of halogens is 2. The largest absolute Gasteiger partial charge is 0.394 e. The first-order chi connectivity index (χ1) is 6.56. The Labute approximate surface area is 96.6 Å². The summed E-state index contributed by atoms with van der Waals surface area (Å²) in [5.74, 6) is 0. The summed E-state index contributed by atoms with van der Waals surface area (Å²) >= 11 is 6.21. The molecule has 0 aliphatic carbocycles. The second kappa shape index (κ2) is 5.01. The average Bonchev–Trinajstić information content (AvgIpc) is 2.19. The number of aliphatic hydroxyl groups is 2. The van der Waals surface area contributed by atoms with Crippen molar-refractivity contribution in [3.05, 3.63) is 25.5 Å². The van der Waals surface area contributed by atoms with Crippen LogP contribution in [-0.2, 0) is 6.54 Å². The van der Waals surface area contributed by atoms with Crippen molar-refractivity contribution in [1.29, 1.82) is 0 Å². The summed E-state index contributed by atoms with van der Waals surface area (Å²) in [6.07, 6.45) is 0.462. The third kappa shape index (κ3) is 2.63. The van der Waals surface area contributed by atoms with Gasteiger partial charge in [0.25, 0.3) is 5.56 Å². The van der Waals surface area contributed by atoms with Gasteiger partial charge in [0.15, 0.2) is 0 Å². The Balaban J connectivity index is 3.00. The van der Waals surface area contributed by atoms with Crippen molar-refractivity contribution in [1.82, 2.24) is 9.78 Å². The van der Waals surface area contributed by atoms with Gasteiger partial charge in [-0.2, -0.15) is 5.10 Å². The van der Waals surface area contributed by atoms with Gasteiger partial charge in [0.1, 0.15) is 4.47 Å². The highest BCUT2D eigenvalue weighted by atomic mass is 79.9. The van der Waals surface area contributed by atoms with Crippen molar-refractivity contribution in [3.63, 3.8) is 0 Å². The van der Waals surface area contributed by atoms with E-state index in [-0.39, 0.29) is 12.1 Å².